The van der Waals surface area contributed by atoms with Crippen molar-refractivity contribution in [2.24, 2.45) is 0 Å². The van der Waals surface area contributed by atoms with Crippen LogP contribution in [0.15, 0.2) is 35.2 Å². The predicted molar refractivity (Wildman–Crippen MR) is 110 cm³/mol. The van der Waals surface area contributed by atoms with Gasteiger partial charge in [0.2, 0.25) is 0 Å². The first-order chi connectivity index (χ1) is 13.2. The van der Waals surface area contributed by atoms with Crippen molar-refractivity contribution in [1.82, 2.24) is 9.97 Å². The SMILES string of the molecule is Nc1nc(COC(=O)CCSc2ccccc2)nc2sc3c(c12)CCCC3. The number of carbonyl (C=O) groups excluding carboxylic acids is 1. The highest BCUT2D eigenvalue weighted by Crippen LogP contribution is 2.37. The first-order valence-corrected chi connectivity index (χ1v) is 10.9. The number of hydrogen-bond acceptors (Lipinski definition) is 7. The van der Waals surface area contributed by atoms with E-state index >= 15 is 0 Å². The minimum absolute atomic E-state index is 0.0670. The van der Waals surface area contributed by atoms with E-state index in [1.54, 1.807) is 23.1 Å². The third-order valence-electron chi connectivity index (χ3n) is 4.57. The third kappa shape index (κ3) is 4.25. The van der Waals surface area contributed by atoms with Gasteiger partial charge in [0.25, 0.3) is 0 Å². The van der Waals surface area contributed by atoms with Crippen LogP contribution >= 0.6 is 23.1 Å². The lowest BCUT2D eigenvalue weighted by atomic mass is 9.97. The molecule has 1 aromatic carbocycles. The number of anilines is 1. The van der Waals surface area contributed by atoms with Crippen LogP contribution in [0, 0.1) is 0 Å². The standard InChI is InChI=1S/C20H21N3O2S2/c21-19-18-14-8-4-5-9-15(14)27-20(18)23-16(22-19)12-25-17(24)10-11-26-13-6-2-1-3-7-13/h1-3,6-7H,4-5,8-12H2,(H2,21,22,23). The molecule has 7 heteroatoms. The number of thioether (sulfide) groups is 1. The summed E-state index contributed by atoms with van der Waals surface area (Å²) in [5, 5.41) is 1.00. The molecule has 0 fully saturated rings. The highest BCUT2D eigenvalue weighted by molar-refractivity contribution is 7.99. The quantitative estimate of drug-likeness (QED) is 0.490. The van der Waals surface area contributed by atoms with Crippen molar-refractivity contribution in [3.63, 3.8) is 0 Å². The van der Waals surface area contributed by atoms with Gasteiger partial charge in [0, 0.05) is 15.5 Å². The second-order valence-electron chi connectivity index (χ2n) is 6.49. The Balaban J connectivity index is 1.35. The van der Waals surface area contributed by atoms with Gasteiger partial charge in [-0.3, -0.25) is 4.79 Å². The summed E-state index contributed by atoms with van der Waals surface area (Å²) in [6.07, 6.45) is 4.91. The molecule has 1 aliphatic rings. The van der Waals surface area contributed by atoms with E-state index in [-0.39, 0.29) is 12.6 Å². The van der Waals surface area contributed by atoms with Crippen LogP contribution in [0.25, 0.3) is 10.2 Å². The number of fused-ring (bicyclic) bond motifs is 3. The smallest absolute Gasteiger partial charge is 0.307 e. The molecule has 0 bridgehead atoms. The van der Waals surface area contributed by atoms with E-state index in [4.69, 9.17) is 10.5 Å². The van der Waals surface area contributed by atoms with Crippen molar-refractivity contribution >= 4 is 45.1 Å². The molecule has 0 aliphatic heterocycles. The summed E-state index contributed by atoms with van der Waals surface area (Å²) in [4.78, 5) is 24.4. The van der Waals surface area contributed by atoms with Crippen molar-refractivity contribution in [1.29, 1.82) is 0 Å². The van der Waals surface area contributed by atoms with E-state index in [0.29, 0.717) is 23.8 Å². The number of carbonyl (C=O) groups is 1. The molecule has 0 spiro atoms. The zero-order valence-corrected chi connectivity index (χ0v) is 16.6. The first kappa shape index (κ1) is 18.3. The summed E-state index contributed by atoms with van der Waals surface area (Å²) in [5.41, 5.74) is 7.51. The maximum atomic E-state index is 12.0. The van der Waals surface area contributed by atoms with Crippen LogP contribution in [0.4, 0.5) is 5.82 Å². The molecule has 0 radical (unpaired) electrons. The lowest BCUT2D eigenvalue weighted by Gasteiger charge is -2.10. The molecule has 4 rings (SSSR count). The molecule has 0 atom stereocenters. The van der Waals surface area contributed by atoms with Crippen molar-refractivity contribution in [3.8, 4) is 0 Å². The van der Waals surface area contributed by atoms with Gasteiger partial charge in [-0.1, -0.05) is 18.2 Å². The lowest BCUT2D eigenvalue weighted by Crippen LogP contribution is -2.09. The molecule has 3 aromatic rings. The maximum Gasteiger partial charge on any atom is 0.307 e. The summed E-state index contributed by atoms with van der Waals surface area (Å²) in [6.45, 7) is 0.0670. The molecule has 0 saturated heterocycles. The maximum absolute atomic E-state index is 12.0. The average molecular weight is 400 g/mol. The van der Waals surface area contributed by atoms with Crippen LogP contribution in [-0.2, 0) is 29.0 Å². The Bertz CT molecular complexity index is 957. The number of aryl methyl sites for hydroxylation is 2. The number of ether oxygens (including phenoxy) is 1. The molecule has 27 heavy (non-hydrogen) atoms. The molecule has 140 valence electrons. The topological polar surface area (TPSA) is 78.1 Å². The Morgan fingerprint density at radius 2 is 2.00 bits per heavy atom. The minimum atomic E-state index is -0.244. The lowest BCUT2D eigenvalue weighted by molar-refractivity contribution is -0.144. The number of esters is 1. The van der Waals surface area contributed by atoms with Gasteiger partial charge >= 0.3 is 5.97 Å². The Morgan fingerprint density at radius 3 is 2.85 bits per heavy atom. The molecule has 1 aliphatic carbocycles. The van der Waals surface area contributed by atoms with Crippen LogP contribution in [-0.4, -0.2) is 21.7 Å². The zero-order chi connectivity index (χ0) is 18.6. The van der Waals surface area contributed by atoms with E-state index in [1.807, 2.05) is 30.3 Å². The van der Waals surface area contributed by atoms with Gasteiger partial charge in [0.1, 0.15) is 10.6 Å². The summed E-state index contributed by atoms with van der Waals surface area (Å²) >= 11 is 3.34. The number of hydrogen-bond donors (Lipinski definition) is 1. The summed E-state index contributed by atoms with van der Waals surface area (Å²) in [6, 6.07) is 10.0. The molecule has 0 unspecified atom stereocenters. The predicted octanol–water partition coefficient (Wildman–Crippen LogP) is 4.38. The molecule has 5 nitrogen and oxygen atoms in total. The number of nitrogens with two attached hydrogens (primary N) is 1. The second-order valence-corrected chi connectivity index (χ2v) is 8.74. The number of benzene rings is 1. The molecule has 0 amide bonds. The molecular weight excluding hydrogens is 378 g/mol. The van der Waals surface area contributed by atoms with E-state index in [2.05, 4.69) is 9.97 Å². The van der Waals surface area contributed by atoms with Gasteiger partial charge in [-0.2, -0.15) is 0 Å². The Labute approximate surface area is 166 Å². The Kier molecular flexibility index (Phi) is 5.59. The van der Waals surface area contributed by atoms with Crippen molar-refractivity contribution in [3.05, 3.63) is 46.6 Å². The van der Waals surface area contributed by atoms with Crippen LogP contribution in [0.1, 0.15) is 35.5 Å². The van der Waals surface area contributed by atoms with Crippen LogP contribution in [0.2, 0.25) is 0 Å². The van der Waals surface area contributed by atoms with Gasteiger partial charge in [-0.15, -0.1) is 23.1 Å². The average Bonchev–Trinajstić information content (AvgIpc) is 3.06. The minimum Gasteiger partial charge on any atom is -0.457 e. The number of rotatable bonds is 6. The molecule has 2 N–H and O–H groups in total. The highest BCUT2D eigenvalue weighted by atomic mass is 32.2. The largest absolute Gasteiger partial charge is 0.457 e. The number of aromatic nitrogens is 2. The Morgan fingerprint density at radius 1 is 1.19 bits per heavy atom. The summed E-state index contributed by atoms with van der Waals surface area (Å²) < 4.78 is 5.34. The third-order valence-corrected chi connectivity index (χ3v) is 6.77. The van der Waals surface area contributed by atoms with Crippen molar-refractivity contribution in [2.75, 3.05) is 11.5 Å². The van der Waals surface area contributed by atoms with E-state index in [1.165, 1.54) is 23.3 Å². The summed E-state index contributed by atoms with van der Waals surface area (Å²) in [7, 11) is 0. The van der Waals surface area contributed by atoms with E-state index < -0.39 is 0 Å². The fourth-order valence-corrected chi connectivity index (χ4v) is 5.42. The van der Waals surface area contributed by atoms with Gasteiger partial charge in [0.15, 0.2) is 12.4 Å². The van der Waals surface area contributed by atoms with Crippen LogP contribution in [0.3, 0.4) is 0 Å². The fourth-order valence-electron chi connectivity index (χ4n) is 3.28. The highest BCUT2D eigenvalue weighted by Gasteiger charge is 2.20. The first-order valence-electron chi connectivity index (χ1n) is 9.11. The monoisotopic (exact) mass is 399 g/mol. The zero-order valence-electron chi connectivity index (χ0n) is 14.9. The number of nitrogen functional groups attached to an aromatic ring is 1. The normalized spacial score (nSPS) is 13.5. The van der Waals surface area contributed by atoms with E-state index in [0.717, 1.165) is 28.0 Å². The molecular formula is C20H21N3O2S2. The van der Waals surface area contributed by atoms with Crippen LogP contribution < -0.4 is 5.73 Å². The van der Waals surface area contributed by atoms with Crippen LogP contribution in [0.5, 0.6) is 0 Å². The fraction of sp³-hybridized carbons (Fsp3) is 0.350. The van der Waals surface area contributed by atoms with Crippen molar-refractivity contribution in [2.45, 2.75) is 43.6 Å². The van der Waals surface area contributed by atoms with E-state index in [9.17, 15) is 4.79 Å². The van der Waals surface area contributed by atoms with Gasteiger partial charge < -0.3 is 10.5 Å². The van der Waals surface area contributed by atoms with Gasteiger partial charge in [-0.05, 0) is 43.4 Å². The Hall–Kier alpha value is -2.12. The molecule has 2 aromatic heterocycles. The summed E-state index contributed by atoms with van der Waals surface area (Å²) in [5.74, 6) is 1.42. The molecule has 2 heterocycles. The second kappa shape index (κ2) is 8.27. The molecule has 0 saturated carbocycles. The van der Waals surface area contributed by atoms with Gasteiger partial charge in [0.05, 0.1) is 11.8 Å². The van der Waals surface area contributed by atoms with Crippen molar-refractivity contribution < 1.29 is 9.53 Å². The van der Waals surface area contributed by atoms with Gasteiger partial charge in [-0.25, -0.2) is 9.97 Å². The number of thiophene rings is 1. The number of nitrogens with zero attached hydrogens (tertiary/aromatic N) is 2.